The fourth-order valence-corrected chi connectivity index (χ4v) is 6.10. The monoisotopic (exact) mass is 220 g/mol. The summed E-state index contributed by atoms with van der Waals surface area (Å²) in [6, 6.07) is 0. The summed E-state index contributed by atoms with van der Waals surface area (Å²) in [5, 5.41) is 0. The molecule has 1 saturated carbocycles. The van der Waals surface area contributed by atoms with Crippen LogP contribution in [0.2, 0.25) is 0 Å². The van der Waals surface area contributed by atoms with E-state index in [1.807, 2.05) is 0 Å². The van der Waals surface area contributed by atoms with Crippen molar-refractivity contribution in [3.63, 3.8) is 0 Å². The standard InChI is InChI=1S/C9H16O2S2/c10-13(11)7-9-4-2-1-3-8(9)5-6-12-13/h8-9H,1-7H2. The maximum atomic E-state index is 11.5. The van der Waals surface area contributed by atoms with Crippen LogP contribution in [-0.4, -0.2) is 19.9 Å². The predicted octanol–water partition coefficient (Wildman–Crippen LogP) is 2.26. The van der Waals surface area contributed by atoms with Crippen molar-refractivity contribution in [2.75, 3.05) is 11.5 Å². The van der Waals surface area contributed by atoms with Crippen LogP contribution in [0, 0.1) is 11.8 Å². The number of rotatable bonds is 0. The Labute approximate surface area is 83.8 Å². The van der Waals surface area contributed by atoms with E-state index in [0.717, 1.165) is 18.6 Å². The van der Waals surface area contributed by atoms with Crippen molar-refractivity contribution in [1.82, 2.24) is 0 Å². The Morgan fingerprint density at radius 2 is 1.69 bits per heavy atom. The summed E-state index contributed by atoms with van der Waals surface area (Å²) in [4.78, 5) is 0. The number of hydrogen-bond acceptors (Lipinski definition) is 3. The van der Waals surface area contributed by atoms with Gasteiger partial charge in [0.05, 0.1) is 5.75 Å². The summed E-state index contributed by atoms with van der Waals surface area (Å²) in [5.41, 5.74) is 0. The van der Waals surface area contributed by atoms with Crippen molar-refractivity contribution in [2.24, 2.45) is 11.8 Å². The second-order valence-corrected chi connectivity index (χ2v) is 8.46. The summed E-state index contributed by atoms with van der Waals surface area (Å²) < 4.78 is 23.0. The van der Waals surface area contributed by atoms with Gasteiger partial charge in [-0.15, -0.1) is 0 Å². The van der Waals surface area contributed by atoms with Gasteiger partial charge in [0.15, 0.2) is 0 Å². The smallest absolute Gasteiger partial charge is 0.201 e. The minimum absolute atomic E-state index is 0.447. The molecule has 2 rings (SSSR count). The molecule has 1 heterocycles. The fraction of sp³-hybridized carbons (Fsp3) is 1.00. The predicted molar refractivity (Wildman–Crippen MR) is 56.3 cm³/mol. The van der Waals surface area contributed by atoms with Crippen LogP contribution in [-0.2, 0) is 8.87 Å². The lowest BCUT2D eigenvalue weighted by molar-refractivity contribution is 0.255. The van der Waals surface area contributed by atoms with Crippen LogP contribution >= 0.6 is 10.8 Å². The van der Waals surface area contributed by atoms with Crippen LogP contribution in [0.25, 0.3) is 0 Å². The SMILES string of the molecule is O=S1(=O)CC2CCCCC2CCS1. The molecule has 0 spiro atoms. The average Bonchev–Trinajstić information content (AvgIpc) is 2.21. The molecule has 2 fully saturated rings. The highest BCUT2D eigenvalue weighted by Crippen LogP contribution is 2.38. The summed E-state index contributed by atoms with van der Waals surface area (Å²) in [6.07, 6.45) is 6.08. The van der Waals surface area contributed by atoms with Gasteiger partial charge >= 0.3 is 0 Å². The minimum atomic E-state index is -2.77. The van der Waals surface area contributed by atoms with Crippen LogP contribution in [0.5, 0.6) is 0 Å². The maximum Gasteiger partial charge on any atom is 0.201 e. The van der Waals surface area contributed by atoms with Crippen LogP contribution in [0.4, 0.5) is 0 Å². The average molecular weight is 220 g/mol. The molecule has 0 aromatic rings. The Bertz CT molecular complexity index is 271. The fourth-order valence-electron chi connectivity index (χ4n) is 2.52. The van der Waals surface area contributed by atoms with Crippen molar-refractivity contribution >= 4 is 19.7 Å². The van der Waals surface area contributed by atoms with Crippen molar-refractivity contribution < 1.29 is 8.42 Å². The van der Waals surface area contributed by atoms with Gasteiger partial charge in [0, 0.05) is 5.75 Å². The van der Waals surface area contributed by atoms with Crippen LogP contribution in [0.15, 0.2) is 0 Å². The molecule has 4 heteroatoms. The second-order valence-electron chi connectivity index (χ2n) is 4.14. The Morgan fingerprint density at radius 1 is 1.00 bits per heavy atom. The molecule has 0 bridgehead atoms. The van der Waals surface area contributed by atoms with Gasteiger partial charge in [-0.05, 0) is 35.5 Å². The van der Waals surface area contributed by atoms with Crippen LogP contribution < -0.4 is 0 Å². The molecule has 0 amide bonds. The molecule has 2 nitrogen and oxygen atoms in total. The largest absolute Gasteiger partial charge is 0.217 e. The Hall–Kier alpha value is 0.300. The molecule has 1 aliphatic heterocycles. The Morgan fingerprint density at radius 3 is 2.46 bits per heavy atom. The third-order valence-corrected chi connectivity index (χ3v) is 6.82. The van der Waals surface area contributed by atoms with Gasteiger partial charge in [-0.1, -0.05) is 19.3 Å². The Kier molecular flexibility index (Phi) is 2.88. The highest BCUT2D eigenvalue weighted by atomic mass is 33.1. The first-order valence-corrected chi connectivity index (χ1v) is 8.20. The van der Waals surface area contributed by atoms with Gasteiger partial charge in [-0.2, -0.15) is 0 Å². The third kappa shape index (κ3) is 2.40. The molecule has 0 aromatic carbocycles. The number of fused-ring (bicyclic) bond motifs is 1. The van der Waals surface area contributed by atoms with Crippen molar-refractivity contribution in [3.8, 4) is 0 Å². The molecule has 0 radical (unpaired) electrons. The first-order chi connectivity index (χ1) is 6.17. The first kappa shape index (κ1) is 9.84. The maximum absolute atomic E-state index is 11.5. The Balaban J connectivity index is 2.11. The zero-order valence-electron chi connectivity index (χ0n) is 7.74. The minimum Gasteiger partial charge on any atom is -0.217 e. The lowest BCUT2D eigenvalue weighted by atomic mass is 9.79. The van der Waals surface area contributed by atoms with E-state index in [0.29, 0.717) is 17.6 Å². The molecule has 1 aliphatic carbocycles. The zero-order valence-corrected chi connectivity index (χ0v) is 9.37. The lowest BCUT2D eigenvalue weighted by Gasteiger charge is -2.28. The molecule has 0 N–H and O–H groups in total. The van der Waals surface area contributed by atoms with Crippen LogP contribution in [0.1, 0.15) is 32.1 Å². The summed E-state index contributed by atoms with van der Waals surface area (Å²) >= 11 is 0. The van der Waals surface area contributed by atoms with Crippen molar-refractivity contribution in [2.45, 2.75) is 32.1 Å². The van der Waals surface area contributed by atoms with Gasteiger partial charge in [0.1, 0.15) is 0 Å². The van der Waals surface area contributed by atoms with E-state index >= 15 is 0 Å². The van der Waals surface area contributed by atoms with Crippen molar-refractivity contribution in [1.29, 1.82) is 0 Å². The van der Waals surface area contributed by atoms with E-state index in [1.54, 1.807) is 0 Å². The van der Waals surface area contributed by atoms with Crippen LogP contribution in [0.3, 0.4) is 0 Å². The normalized spacial score (nSPS) is 39.1. The molecule has 2 aliphatic rings. The molecular weight excluding hydrogens is 204 g/mol. The highest BCUT2D eigenvalue weighted by molar-refractivity contribution is 8.72. The molecule has 0 aromatic heterocycles. The van der Waals surface area contributed by atoms with E-state index in [-0.39, 0.29) is 0 Å². The van der Waals surface area contributed by atoms with E-state index in [1.165, 1.54) is 30.1 Å². The summed E-state index contributed by atoms with van der Waals surface area (Å²) in [7, 11) is -1.59. The van der Waals surface area contributed by atoms with E-state index in [9.17, 15) is 8.42 Å². The molecular formula is C9H16O2S2. The van der Waals surface area contributed by atoms with Gasteiger partial charge < -0.3 is 0 Å². The van der Waals surface area contributed by atoms with E-state index in [4.69, 9.17) is 0 Å². The van der Waals surface area contributed by atoms with Gasteiger partial charge in [0.2, 0.25) is 8.87 Å². The van der Waals surface area contributed by atoms with E-state index < -0.39 is 8.87 Å². The molecule has 1 saturated heterocycles. The highest BCUT2D eigenvalue weighted by Gasteiger charge is 2.32. The molecule has 13 heavy (non-hydrogen) atoms. The van der Waals surface area contributed by atoms with Gasteiger partial charge in [-0.25, -0.2) is 8.42 Å². The topological polar surface area (TPSA) is 34.1 Å². The summed E-state index contributed by atoms with van der Waals surface area (Å²) in [6.45, 7) is 0. The number of hydrogen-bond donors (Lipinski definition) is 0. The zero-order chi connectivity index (χ0) is 9.31. The van der Waals surface area contributed by atoms with Gasteiger partial charge in [-0.3, -0.25) is 0 Å². The molecule has 2 unspecified atom stereocenters. The molecule has 2 atom stereocenters. The van der Waals surface area contributed by atoms with Gasteiger partial charge in [0.25, 0.3) is 0 Å². The summed E-state index contributed by atoms with van der Waals surface area (Å²) in [5.74, 6) is 2.46. The first-order valence-electron chi connectivity index (χ1n) is 5.04. The molecule has 76 valence electrons. The van der Waals surface area contributed by atoms with Crippen molar-refractivity contribution in [3.05, 3.63) is 0 Å². The quantitative estimate of drug-likeness (QED) is 0.587. The van der Waals surface area contributed by atoms with E-state index in [2.05, 4.69) is 0 Å². The second kappa shape index (κ2) is 3.81. The lowest BCUT2D eigenvalue weighted by Crippen LogP contribution is -2.23. The third-order valence-electron chi connectivity index (χ3n) is 3.24.